The van der Waals surface area contributed by atoms with Crippen LogP contribution in [0.3, 0.4) is 0 Å². The van der Waals surface area contributed by atoms with Crippen LogP contribution in [0.1, 0.15) is 97.2 Å². The number of rotatable bonds is 10. The van der Waals surface area contributed by atoms with Crippen LogP contribution in [-0.4, -0.2) is 9.13 Å². The molecule has 0 saturated carbocycles. The van der Waals surface area contributed by atoms with E-state index in [-0.39, 0.29) is 10.8 Å². The molecule has 0 amide bonds. The van der Waals surface area contributed by atoms with Crippen LogP contribution in [0.15, 0.2) is 352 Å². The van der Waals surface area contributed by atoms with Crippen molar-refractivity contribution in [1.82, 2.24) is 9.13 Å². The van der Waals surface area contributed by atoms with Gasteiger partial charge in [-0.05, 0) is 181 Å². The van der Waals surface area contributed by atoms with E-state index in [9.17, 15) is 0 Å². The Kier molecular flexibility index (Phi) is 13.9. The molecule has 2 nitrogen and oxygen atoms in total. The fraction of sp³-hybridized carbons (Fsp3) is 0.100. The first-order chi connectivity index (χ1) is 49.9. The lowest BCUT2D eigenvalue weighted by atomic mass is 9.67. The number of benzene rings is 15. The van der Waals surface area contributed by atoms with E-state index in [0.29, 0.717) is 0 Å². The first-order valence-corrected chi connectivity index (χ1v) is 36.1. The van der Waals surface area contributed by atoms with Gasteiger partial charge in [-0.1, -0.05) is 345 Å². The van der Waals surface area contributed by atoms with Gasteiger partial charge < -0.3 is 9.13 Å². The van der Waals surface area contributed by atoms with E-state index < -0.39 is 10.8 Å². The summed E-state index contributed by atoms with van der Waals surface area (Å²) in [6.45, 7) is 14.6. The summed E-state index contributed by atoms with van der Waals surface area (Å²) in [5.41, 5.74) is 29.9. The van der Waals surface area contributed by atoms with Crippen LogP contribution in [0.2, 0.25) is 0 Å². The minimum atomic E-state index is -0.597. The highest BCUT2D eigenvalue weighted by Gasteiger charge is 2.48. The Morgan fingerprint density at radius 3 is 0.804 bits per heavy atom. The highest BCUT2D eigenvalue weighted by Crippen LogP contribution is 2.60. The Labute approximate surface area is 597 Å². The van der Waals surface area contributed by atoms with Gasteiger partial charge in [-0.3, -0.25) is 0 Å². The Hall–Kier alpha value is -12.1. The zero-order valence-corrected chi connectivity index (χ0v) is 58.4. The fourth-order valence-electron chi connectivity index (χ4n) is 18.6. The van der Waals surface area contributed by atoms with Crippen LogP contribution in [0, 0.1) is 0 Å². The first kappa shape index (κ1) is 61.0. The summed E-state index contributed by atoms with van der Waals surface area (Å²) in [7, 11) is 0. The standard InChI is InChI=1S/C100H76N2/c1-97(2,3)93-79-61-83-90(102(95(67-39-19-9-20-40-67)91(83)65-35-15-7-16-36-65)74-56-58-78-76-52-32-34-54-86(76)100(88(78)60-74,71-47-27-13-28-48-71)72-49-29-14-30-50-72)64-82(79)94(98(4,5)6)80-62-84-89(63-81(80)93)101(96(68-41-21-10-22-42-68)92(84)66-37-17-8-18-38-66)73-55-57-77-75-51-31-33-53-85(75)99(87(77)59-73,69-43-23-11-24-44-69)70-45-25-12-26-46-70/h7-64H,1-6H3. The molecule has 0 saturated heterocycles. The molecular formula is C100H76N2. The molecule has 0 aliphatic heterocycles. The zero-order chi connectivity index (χ0) is 68.6. The van der Waals surface area contributed by atoms with Crippen LogP contribution in [0.5, 0.6) is 0 Å². The smallest absolute Gasteiger partial charge is 0.0714 e. The molecule has 0 atom stereocenters. The molecule has 17 aromatic rings. The van der Waals surface area contributed by atoms with Gasteiger partial charge in [0.05, 0.1) is 33.3 Å². The Balaban J connectivity index is 0.961. The molecule has 2 heterocycles. The molecule has 15 aromatic carbocycles. The molecule has 19 rings (SSSR count). The molecule has 2 heteroatoms. The van der Waals surface area contributed by atoms with Gasteiger partial charge in [-0.2, -0.15) is 0 Å². The largest absolute Gasteiger partial charge is 0.309 e. The van der Waals surface area contributed by atoms with Crippen LogP contribution < -0.4 is 0 Å². The van der Waals surface area contributed by atoms with E-state index in [1.165, 1.54) is 132 Å². The third kappa shape index (κ3) is 8.98. The average Bonchev–Trinajstić information content (AvgIpc) is 1.55. The summed E-state index contributed by atoms with van der Waals surface area (Å²) in [5, 5.41) is 7.49. The second-order valence-corrected chi connectivity index (χ2v) is 30.2. The van der Waals surface area contributed by atoms with Gasteiger partial charge in [0, 0.05) is 33.3 Å². The van der Waals surface area contributed by atoms with Crippen molar-refractivity contribution in [1.29, 1.82) is 0 Å². The normalized spacial score (nSPS) is 13.5. The molecule has 102 heavy (non-hydrogen) atoms. The van der Waals surface area contributed by atoms with E-state index in [2.05, 4.69) is 403 Å². The highest BCUT2D eigenvalue weighted by atomic mass is 15.0. The number of nitrogens with zero attached hydrogens (tertiary/aromatic N) is 2. The van der Waals surface area contributed by atoms with Gasteiger partial charge in [0.15, 0.2) is 0 Å². The lowest BCUT2D eigenvalue weighted by Gasteiger charge is -2.34. The minimum Gasteiger partial charge on any atom is -0.309 e. The van der Waals surface area contributed by atoms with Crippen molar-refractivity contribution < 1.29 is 0 Å². The van der Waals surface area contributed by atoms with Crippen molar-refractivity contribution in [2.75, 3.05) is 0 Å². The number of aromatic nitrogens is 2. The van der Waals surface area contributed by atoms with Crippen molar-refractivity contribution in [3.05, 3.63) is 407 Å². The molecule has 0 bridgehead atoms. The Morgan fingerprint density at radius 2 is 0.490 bits per heavy atom. The second-order valence-electron chi connectivity index (χ2n) is 30.2. The van der Waals surface area contributed by atoms with Gasteiger partial charge in [-0.25, -0.2) is 0 Å². The molecule has 0 N–H and O–H groups in total. The van der Waals surface area contributed by atoms with Gasteiger partial charge in [-0.15, -0.1) is 0 Å². The van der Waals surface area contributed by atoms with E-state index in [1.807, 2.05) is 0 Å². The van der Waals surface area contributed by atoms with Crippen LogP contribution in [-0.2, 0) is 21.7 Å². The van der Waals surface area contributed by atoms with Crippen molar-refractivity contribution in [2.45, 2.75) is 63.2 Å². The maximum atomic E-state index is 2.63. The van der Waals surface area contributed by atoms with E-state index in [4.69, 9.17) is 0 Å². The van der Waals surface area contributed by atoms with Crippen LogP contribution in [0.25, 0.3) is 122 Å². The van der Waals surface area contributed by atoms with Crippen LogP contribution in [0.4, 0.5) is 0 Å². The first-order valence-electron chi connectivity index (χ1n) is 36.1. The minimum absolute atomic E-state index is 0.342. The summed E-state index contributed by atoms with van der Waals surface area (Å²) in [4.78, 5) is 0. The summed E-state index contributed by atoms with van der Waals surface area (Å²) in [6.07, 6.45) is 0. The maximum Gasteiger partial charge on any atom is 0.0714 e. The zero-order valence-electron chi connectivity index (χ0n) is 58.4. The van der Waals surface area contributed by atoms with Gasteiger partial charge in [0.25, 0.3) is 0 Å². The topological polar surface area (TPSA) is 9.86 Å². The van der Waals surface area contributed by atoms with Crippen molar-refractivity contribution in [3.8, 4) is 78.4 Å². The molecule has 2 aromatic heterocycles. The third-order valence-corrected chi connectivity index (χ3v) is 22.4. The molecule has 0 unspecified atom stereocenters. The lowest BCUT2D eigenvalue weighted by molar-refractivity contribution is 0.593. The third-order valence-electron chi connectivity index (χ3n) is 22.4. The van der Waals surface area contributed by atoms with Crippen molar-refractivity contribution in [2.24, 2.45) is 0 Å². The second kappa shape index (κ2) is 23.2. The monoisotopic (exact) mass is 1300 g/mol. The van der Waals surface area contributed by atoms with Crippen molar-refractivity contribution >= 4 is 43.4 Å². The van der Waals surface area contributed by atoms with Gasteiger partial charge >= 0.3 is 0 Å². The van der Waals surface area contributed by atoms with Gasteiger partial charge in [0.1, 0.15) is 0 Å². The predicted molar refractivity (Wildman–Crippen MR) is 429 cm³/mol. The molecule has 0 spiro atoms. The fourth-order valence-corrected chi connectivity index (χ4v) is 18.6. The quantitative estimate of drug-likeness (QED) is 0.121. The summed E-state index contributed by atoms with van der Waals surface area (Å²) in [5.74, 6) is 0. The average molecular weight is 1310 g/mol. The summed E-state index contributed by atoms with van der Waals surface area (Å²) in [6, 6.07) is 133. The Bertz CT molecular complexity index is 5670. The predicted octanol–water partition coefficient (Wildman–Crippen LogP) is 25.9. The number of hydrogen-bond acceptors (Lipinski definition) is 0. The van der Waals surface area contributed by atoms with Gasteiger partial charge in [0.2, 0.25) is 0 Å². The van der Waals surface area contributed by atoms with E-state index in [0.717, 1.165) is 44.9 Å². The van der Waals surface area contributed by atoms with E-state index in [1.54, 1.807) is 0 Å². The SMILES string of the molecule is CC(C)(C)c1c2cc3c(-c4ccccc4)c(-c4ccccc4)n(-c4ccc5c(c4)C(c4ccccc4)(c4ccccc4)c4ccccc4-5)c3cc2c(C(C)(C)C)c2cc3c(-c4ccccc4)c(-c4ccccc4)n(-c4ccc5c(c4)C(c4ccccc4)(c4ccccc4)c4ccccc4-5)c3cc12. The molecule has 0 radical (unpaired) electrons. The lowest BCUT2D eigenvalue weighted by Crippen LogP contribution is -2.28. The molecular weight excluding hydrogens is 1230 g/mol. The molecule has 2 aliphatic carbocycles. The maximum absolute atomic E-state index is 2.63. The number of fused-ring (bicyclic) bond motifs is 10. The summed E-state index contributed by atoms with van der Waals surface area (Å²) < 4.78 is 5.26. The molecule has 0 fully saturated rings. The van der Waals surface area contributed by atoms with Crippen molar-refractivity contribution in [3.63, 3.8) is 0 Å². The summed E-state index contributed by atoms with van der Waals surface area (Å²) >= 11 is 0. The van der Waals surface area contributed by atoms with Crippen LogP contribution >= 0.6 is 0 Å². The Morgan fingerprint density at radius 1 is 0.225 bits per heavy atom. The molecule has 2 aliphatic rings. The highest BCUT2D eigenvalue weighted by molar-refractivity contribution is 6.20. The number of hydrogen-bond donors (Lipinski definition) is 0. The van der Waals surface area contributed by atoms with E-state index >= 15 is 0 Å². The molecule has 486 valence electrons.